The second-order valence-corrected chi connectivity index (χ2v) is 8.86. The van der Waals surface area contributed by atoms with Crippen LogP contribution in [0, 0.1) is 11.3 Å². The van der Waals surface area contributed by atoms with Gasteiger partial charge in [0.05, 0.1) is 11.1 Å². The Morgan fingerprint density at radius 3 is 2.47 bits per heavy atom. The number of rotatable bonds is 6. The number of anilines is 1. The number of carbonyl (C=O) groups excluding carboxylic acids is 2. The average molecular weight is 451 g/mol. The molecule has 0 N–H and O–H groups in total. The van der Waals surface area contributed by atoms with Crippen LogP contribution in [0.15, 0.2) is 41.4 Å². The lowest BCUT2D eigenvalue weighted by Gasteiger charge is -2.37. The van der Waals surface area contributed by atoms with E-state index in [-0.39, 0.29) is 17.0 Å². The standard InChI is InChI=1S/C24H26N4O3S/c1-16(23(29)28-12-10-27(11-13-28)18-6-4-3-5-7-18)31-24(30)19-14-21(17-8-9-17)26-22(32-2)20(19)15-25/h3-7,14,16-17H,8-13H2,1-2H3. The summed E-state index contributed by atoms with van der Waals surface area (Å²) >= 11 is 1.34. The Kier molecular flexibility index (Phi) is 6.66. The first-order chi connectivity index (χ1) is 15.5. The maximum atomic E-state index is 12.9. The first-order valence-electron chi connectivity index (χ1n) is 10.8. The fraction of sp³-hybridized carbons (Fsp3) is 0.417. The predicted molar refractivity (Wildman–Crippen MR) is 123 cm³/mol. The van der Waals surface area contributed by atoms with Crippen molar-refractivity contribution < 1.29 is 14.3 Å². The Bertz CT molecular complexity index is 1040. The van der Waals surface area contributed by atoms with Crippen molar-refractivity contribution in [3.05, 3.63) is 53.2 Å². The molecule has 0 bridgehead atoms. The van der Waals surface area contributed by atoms with Gasteiger partial charge in [0.1, 0.15) is 11.1 Å². The van der Waals surface area contributed by atoms with Gasteiger partial charge in [0.15, 0.2) is 6.10 Å². The van der Waals surface area contributed by atoms with E-state index in [4.69, 9.17) is 4.74 Å². The van der Waals surface area contributed by atoms with Crippen LogP contribution in [-0.4, -0.2) is 60.3 Å². The third-order valence-corrected chi connectivity index (χ3v) is 6.55. The molecular weight excluding hydrogens is 424 g/mol. The van der Waals surface area contributed by atoms with Crippen LogP contribution in [0.4, 0.5) is 5.69 Å². The molecule has 1 unspecified atom stereocenters. The van der Waals surface area contributed by atoms with Crippen molar-refractivity contribution in [3.63, 3.8) is 0 Å². The number of benzene rings is 1. The second kappa shape index (κ2) is 9.61. The molecule has 1 aliphatic carbocycles. The molecule has 166 valence electrons. The van der Waals surface area contributed by atoms with Gasteiger partial charge in [0.25, 0.3) is 5.91 Å². The number of aromatic nitrogens is 1. The van der Waals surface area contributed by atoms with E-state index < -0.39 is 12.1 Å². The number of nitrogens with zero attached hydrogens (tertiary/aromatic N) is 4. The summed E-state index contributed by atoms with van der Waals surface area (Å²) in [6, 6.07) is 13.8. The van der Waals surface area contributed by atoms with Crippen molar-refractivity contribution in [2.45, 2.75) is 36.8 Å². The minimum Gasteiger partial charge on any atom is -0.449 e. The summed E-state index contributed by atoms with van der Waals surface area (Å²) in [6.45, 7) is 4.17. The molecule has 0 radical (unpaired) electrons. The summed E-state index contributed by atoms with van der Waals surface area (Å²) < 4.78 is 5.53. The molecule has 1 aliphatic heterocycles. The summed E-state index contributed by atoms with van der Waals surface area (Å²) in [7, 11) is 0. The molecule has 1 atom stereocenters. The molecule has 8 heteroatoms. The number of thioether (sulfide) groups is 1. The minimum absolute atomic E-state index is 0.197. The van der Waals surface area contributed by atoms with E-state index in [1.807, 2.05) is 24.5 Å². The lowest BCUT2D eigenvalue weighted by molar-refractivity contribution is -0.140. The number of piperazine rings is 1. The first-order valence-corrected chi connectivity index (χ1v) is 12.0. The van der Waals surface area contributed by atoms with E-state index in [0.29, 0.717) is 24.0 Å². The second-order valence-electron chi connectivity index (χ2n) is 8.06. The van der Waals surface area contributed by atoms with Gasteiger partial charge >= 0.3 is 5.97 Å². The Hall–Kier alpha value is -3.05. The Morgan fingerprint density at radius 1 is 1.19 bits per heavy atom. The summed E-state index contributed by atoms with van der Waals surface area (Å²) in [5, 5.41) is 10.1. The summed E-state index contributed by atoms with van der Waals surface area (Å²) in [6.07, 6.45) is 2.97. The molecule has 1 saturated carbocycles. The van der Waals surface area contributed by atoms with Crippen molar-refractivity contribution >= 4 is 29.3 Å². The molecule has 7 nitrogen and oxygen atoms in total. The molecule has 1 saturated heterocycles. The number of ether oxygens (including phenoxy) is 1. The van der Waals surface area contributed by atoms with Gasteiger partial charge in [-0.05, 0) is 44.2 Å². The number of carbonyl (C=O) groups is 2. The van der Waals surface area contributed by atoms with Crippen molar-refractivity contribution in [3.8, 4) is 6.07 Å². The van der Waals surface area contributed by atoms with Crippen LogP contribution in [0.3, 0.4) is 0 Å². The highest BCUT2D eigenvalue weighted by molar-refractivity contribution is 7.98. The van der Waals surface area contributed by atoms with E-state index in [1.54, 1.807) is 17.9 Å². The minimum atomic E-state index is -0.924. The van der Waals surface area contributed by atoms with Gasteiger partial charge in [-0.1, -0.05) is 18.2 Å². The SMILES string of the molecule is CSc1nc(C2CC2)cc(C(=O)OC(C)C(=O)N2CCN(c3ccccc3)CC2)c1C#N. The van der Waals surface area contributed by atoms with E-state index >= 15 is 0 Å². The molecular formula is C24H26N4O3S. The molecule has 1 aromatic carbocycles. The van der Waals surface area contributed by atoms with Crippen molar-refractivity contribution in [2.75, 3.05) is 37.3 Å². The lowest BCUT2D eigenvalue weighted by Crippen LogP contribution is -2.51. The third-order valence-electron chi connectivity index (χ3n) is 5.87. The molecule has 1 aromatic heterocycles. The zero-order valence-corrected chi connectivity index (χ0v) is 19.1. The maximum Gasteiger partial charge on any atom is 0.340 e. The highest BCUT2D eigenvalue weighted by Crippen LogP contribution is 2.40. The smallest absolute Gasteiger partial charge is 0.340 e. The van der Waals surface area contributed by atoms with E-state index in [9.17, 15) is 14.9 Å². The monoisotopic (exact) mass is 450 g/mol. The summed E-state index contributed by atoms with van der Waals surface area (Å²) in [4.78, 5) is 34.4. The van der Waals surface area contributed by atoms with Gasteiger partial charge in [0, 0.05) is 43.5 Å². The zero-order chi connectivity index (χ0) is 22.7. The van der Waals surface area contributed by atoms with E-state index in [2.05, 4.69) is 28.1 Å². The molecule has 2 aromatic rings. The van der Waals surface area contributed by atoms with Gasteiger partial charge in [-0.15, -0.1) is 11.8 Å². The molecule has 4 rings (SSSR count). The first kappa shape index (κ1) is 22.2. The van der Waals surface area contributed by atoms with Crippen LogP contribution in [0.2, 0.25) is 0 Å². The Labute approximate surface area is 192 Å². The van der Waals surface area contributed by atoms with Gasteiger partial charge in [-0.25, -0.2) is 9.78 Å². The van der Waals surface area contributed by atoms with Crippen molar-refractivity contribution in [2.24, 2.45) is 0 Å². The van der Waals surface area contributed by atoms with Crippen LogP contribution in [0.5, 0.6) is 0 Å². The van der Waals surface area contributed by atoms with Crippen molar-refractivity contribution in [1.29, 1.82) is 5.26 Å². The predicted octanol–water partition coefficient (Wildman–Crippen LogP) is 3.45. The van der Waals surface area contributed by atoms with E-state index in [1.165, 1.54) is 11.8 Å². The number of hydrogen-bond acceptors (Lipinski definition) is 7. The molecule has 2 heterocycles. The average Bonchev–Trinajstić information content (AvgIpc) is 3.69. The molecule has 0 spiro atoms. The topological polar surface area (TPSA) is 86.5 Å². The summed E-state index contributed by atoms with van der Waals surface area (Å²) in [5.41, 5.74) is 2.36. The molecule has 1 amide bonds. The number of pyridine rings is 1. The maximum absolute atomic E-state index is 12.9. The lowest BCUT2D eigenvalue weighted by atomic mass is 10.1. The third kappa shape index (κ3) is 4.73. The molecule has 2 fully saturated rings. The van der Waals surface area contributed by atoms with Crippen LogP contribution >= 0.6 is 11.8 Å². The zero-order valence-electron chi connectivity index (χ0n) is 18.3. The van der Waals surface area contributed by atoms with Crippen molar-refractivity contribution in [1.82, 2.24) is 9.88 Å². The molecule has 2 aliphatic rings. The number of amides is 1. The van der Waals surface area contributed by atoms with Crippen LogP contribution in [-0.2, 0) is 9.53 Å². The quantitative estimate of drug-likeness (QED) is 0.492. The number of hydrogen-bond donors (Lipinski definition) is 0. The highest BCUT2D eigenvalue weighted by Gasteiger charge is 2.31. The van der Waals surface area contributed by atoms with Gasteiger partial charge in [-0.3, -0.25) is 4.79 Å². The fourth-order valence-corrected chi connectivity index (χ4v) is 4.46. The molecule has 32 heavy (non-hydrogen) atoms. The number of nitriles is 1. The largest absolute Gasteiger partial charge is 0.449 e. The van der Waals surface area contributed by atoms with Crippen LogP contribution in [0.25, 0.3) is 0 Å². The Balaban J connectivity index is 1.41. The van der Waals surface area contributed by atoms with Crippen LogP contribution in [0.1, 0.15) is 47.3 Å². The summed E-state index contributed by atoms with van der Waals surface area (Å²) in [5.74, 6) is -0.531. The van der Waals surface area contributed by atoms with Crippen LogP contribution < -0.4 is 4.90 Å². The highest BCUT2D eigenvalue weighted by atomic mass is 32.2. The number of esters is 1. The fourth-order valence-electron chi connectivity index (χ4n) is 3.90. The normalized spacial score (nSPS) is 16.9. The Morgan fingerprint density at radius 2 is 1.88 bits per heavy atom. The number of para-hydroxylation sites is 1. The van der Waals surface area contributed by atoms with E-state index in [0.717, 1.165) is 37.3 Å². The van der Waals surface area contributed by atoms with Gasteiger partial charge in [-0.2, -0.15) is 5.26 Å². The van der Waals surface area contributed by atoms with Gasteiger partial charge < -0.3 is 14.5 Å². The van der Waals surface area contributed by atoms with Gasteiger partial charge in [0.2, 0.25) is 0 Å².